The number of carboxylic acid groups (broad SMARTS) is 1. The number of hydrogen-bond donors (Lipinski definition) is 2. The molecule has 10 heteroatoms. The van der Waals surface area contributed by atoms with Crippen molar-refractivity contribution < 1.29 is 32.6 Å². The summed E-state index contributed by atoms with van der Waals surface area (Å²) in [6.45, 7) is -0.890. The third-order valence-electron chi connectivity index (χ3n) is 4.80. The molecule has 2 heterocycles. The lowest BCUT2D eigenvalue weighted by Gasteiger charge is -2.10. The molecule has 7 nitrogen and oxygen atoms in total. The van der Waals surface area contributed by atoms with Crippen molar-refractivity contribution in [2.75, 3.05) is 6.61 Å². The van der Waals surface area contributed by atoms with E-state index in [-0.39, 0.29) is 23.4 Å². The van der Waals surface area contributed by atoms with Crippen LogP contribution < -0.4 is 10.5 Å². The van der Waals surface area contributed by atoms with Crippen molar-refractivity contribution in [3.63, 3.8) is 0 Å². The summed E-state index contributed by atoms with van der Waals surface area (Å²) < 4.78 is 48.3. The SMILES string of the molecule is NC(=O)c1cccc2c1c1c(OCC(=O)O)cncc1n2Cc1cc(F)c(F)cc1F. The lowest BCUT2D eigenvalue weighted by molar-refractivity contribution is -0.139. The van der Waals surface area contributed by atoms with Gasteiger partial charge in [0.2, 0.25) is 5.91 Å². The minimum atomic E-state index is -1.31. The van der Waals surface area contributed by atoms with Gasteiger partial charge in [-0.2, -0.15) is 0 Å². The first-order chi connectivity index (χ1) is 14.8. The maximum atomic E-state index is 14.3. The first kappa shape index (κ1) is 20.2. The number of aromatic nitrogens is 2. The zero-order valence-electron chi connectivity index (χ0n) is 15.7. The van der Waals surface area contributed by atoms with E-state index in [1.807, 2.05) is 0 Å². The van der Waals surface area contributed by atoms with Crippen LogP contribution in [0.5, 0.6) is 5.75 Å². The van der Waals surface area contributed by atoms with E-state index >= 15 is 0 Å². The maximum absolute atomic E-state index is 14.3. The molecule has 0 fully saturated rings. The van der Waals surface area contributed by atoms with Gasteiger partial charge in [0.05, 0.1) is 35.4 Å². The molecule has 31 heavy (non-hydrogen) atoms. The molecule has 0 atom stereocenters. The highest BCUT2D eigenvalue weighted by molar-refractivity contribution is 6.19. The Balaban J connectivity index is 2.02. The average molecular weight is 429 g/mol. The Morgan fingerprint density at radius 3 is 2.48 bits per heavy atom. The monoisotopic (exact) mass is 429 g/mol. The van der Waals surface area contributed by atoms with Gasteiger partial charge in [0.1, 0.15) is 11.6 Å². The highest BCUT2D eigenvalue weighted by Gasteiger charge is 2.21. The second kappa shape index (κ2) is 7.63. The standard InChI is InChI=1S/C21H14F3N3O4/c22-12-5-14(24)13(23)4-10(12)8-27-15-3-1-2-11(21(25)30)19(15)20-16(27)6-26-7-17(20)31-9-18(28)29/h1-7H,8-9H2,(H2,25,30)(H,28,29). The van der Waals surface area contributed by atoms with Crippen LogP contribution in [0.4, 0.5) is 13.2 Å². The topological polar surface area (TPSA) is 107 Å². The third kappa shape index (κ3) is 3.52. The molecule has 0 bridgehead atoms. The molecule has 1 amide bonds. The fourth-order valence-electron chi connectivity index (χ4n) is 3.52. The minimum Gasteiger partial charge on any atom is -0.480 e. The van der Waals surface area contributed by atoms with E-state index in [1.165, 1.54) is 23.0 Å². The number of amides is 1. The number of halogens is 3. The average Bonchev–Trinajstić information content (AvgIpc) is 3.04. The molecule has 158 valence electrons. The second-order valence-corrected chi connectivity index (χ2v) is 6.72. The molecule has 2 aromatic heterocycles. The molecule has 0 aliphatic rings. The summed E-state index contributed by atoms with van der Waals surface area (Å²) in [4.78, 5) is 27.0. The number of benzene rings is 2. The van der Waals surface area contributed by atoms with E-state index in [4.69, 9.17) is 15.6 Å². The van der Waals surface area contributed by atoms with Crippen LogP contribution in [0, 0.1) is 17.5 Å². The van der Waals surface area contributed by atoms with Gasteiger partial charge in [-0.25, -0.2) is 18.0 Å². The van der Waals surface area contributed by atoms with Crippen molar-refractivity contribution in [3.8, 4) is 5.75 Å². The summed E-state index contributed by atoms with van der Waals surface area (Å²) >= 11 is 0. The summed E-state index contributed by atoms with van der Waals surface area (Å²) in [5, 5.41) is 9.63. The molecular formula is C21H14F3N3O4. The Labute approximate surface area is 172 Å². The lowest BCUT2D eigenvalue weighted by atomic mass is 10.1. The van der Waals surface area contributed by atoms with Crippen LogP contribution in [0.2, 0.25) is 0 Å². The van der Waals surface area contributed by atoms with Gasteiger partial charge in [-0.1, -0.05) is 6.07 Å². The number of aliphatic carboxylic acids is 1. The molecule has 3 N–H and O–H groups in total. The number of carbonyl (C=O) groups is 2. The largest absolute Gasteiger partial charge is 0.480 e. The molecule has 0 aliphatic carbocycles. The van der Waals surface area contributed by atoms with Crippen LogP contribution in [0.25, 0.3) is 21.8 Å². The maximum Gasteiger partial charge on any atom is 0.341 e. The normalized spacial score (nSPS) is 11.2. The van der Waals surface area contributed by atoms with Gasteiger partial charge < -0.3 is 20.1 Å². The van der Waals surface area contributed by atoms with Crippen molar-refractivity contribution in [2.45, 2.75) is 6.54 Å². The van der Waals surface area contributed by atoms with Crippen LogP contribution in [-0.4, -0.2) is 33.1 Å². The summed E-state index contributed by atoms with van der Waals surface area (Å²) in [5.74, 6) is -5.37. The molecule has 0 saturated heterocycles. The van der Waals surface area contributed by atoms with Crippen molar-refractivity contribution >= 4 is 33.7 Å². The number of primary amides is 1. The number of fused-ring (bicyclic) bond motifs is 3. The van der Waals surface area contributed by atoms with E-state index in [2.05, 4.69) is 4.98 Å². The fourth-order valence-corrected chi connectivity index (χ4v) is 3.52. The summed E-state index contributed by atoms with van der Waals surface area (Å²) in [6, 6.07) is 5.87. The minimum absolute atomic E-state index is 0.0723. The van der Waals surface area contributed by atoms with Crippen molar-refractivity contribution in [2.24, 2.45) is 5.73 Å². The molecule has 0 aliphatic heterocycles. The first-order valence-corrected chi connectivity index (χ1v) is 8.94. The molecule has 0 spiro atoms. The van der Waals surface area contributed by atoms with Crippen LogP contribution in [0.3, 0.4) is 0 Å². The Morgan fingerprint density at radius 1 is 1.03 bits per heavy atom. The summed E-state index contributed by atoms with van der Waals surface area (Å²) in [7, 11) is 0. The zero-order chi connectivity index (χ0) is 22.3. The van der Waals surface area contributed by atoms with Crippen LogP contribution in [0.1, 0.15) is 15.9 Å². The van der Waals surface area contributed by atoms with E-state index < -0.39 is 35.9 Å². The number of ether oxygens (including phenoxy) is 1. The summed E-state index contributed by atoms with van der Waals surface area (Å²) in [5.41, 5.74) is 6.28. The third-order valence-corrected chi connectivity index (χ3v) is 4.80. The van der Waals surface area contributed by atoms with Crippen LogP contribution >= 0.6 is 0 Å². The first-order valence-electron chi connectivity index (χ1n) is 8.94. The van der Waals surface area contributed by atoms with Gasteiger partial charge in [0.25, 0.3) is 0 Å². The zero-order valence-corrected chi connectivity index (χ0v) is 15.7. The predicted molar refractivity (Wildman–Crippen MR) is 104 cm³/mol. The number of rotatable bonds is 6. The molecule has 0 radical (unpaired) electrons. The van der Waals surface area contributed by atoms with Crippen LogP contribution in [-0.2, 0) is 11.3 Å². The highest BCUT2D eigenvalue weighted by Crippen LogP contribution is 2.37. The lowest BCUT2D eigenvalue weighted by Crippen LogP contribution is -2.11. The Morgan fingerprint density at radius 2 is 1.77 bits per heavy atom. The summed E-state index contributed by atoms with van der Waals surface area (Å²) in [6.07, 6.45) is 2.69. The van der Waals surface area contributed by atoms with E-state index in [0.29, 0.717) is 27.9 Å². The van der Waals surface area contributed by atoms with Gasteiger partial charge in [-0.15, -0.1) is 0 Å². The van der Waals surface area contributed by atoms with Gasteiger partial charge >= 0.3 is 5.97 Å². The van der Waals surface area contributed by atoms with Crippen LogP contribution in [0.15, 0.2) is 42.7 Å². The van der Waals surface area contributed by atoms with Gasteiger partial charge in [-0.05, 0) is 18.2 Å². The van der Waals surface area contributed by atoms with Crippen molar-refractivity contribution in [1.29, 1.82) is 0 Å². The van der Waals surface area contributed by atoms with Gasteiger partial charge in [-0.3, -0.25) is 9.78 Å². The molecular weight excluding hydrogens is 415 g/mol. The second-order valence-electron chi connectivity index (χ2n) is 6.72. The number of hydrogen-bond acceptors (Lipinski definition) is 4. The molecule has 0 unspecified atom stereocenters. The number of carboxylic acids is 1. The number of pyridine rings is 1. The Kier molecular flexibility index (Phi) is 4.97. The Hall–Kier alpha value is -4.08. The number of carbonyl (C=O) groups excluding carboxylic acids is 1. The molecule has 0 saturated carbocycles. The Bertz CT molecular complexity index is 1370. The quantitative estimate of drug-likeness (QED) is 0.458. The van der Waals surface area contributed by atoms with Crippen molar-refractivity contribution in [3.05, 3.63) is 71.3 Å². The number of nitrogens with zero attached hydrogens (tertiary/aromatic N) is 2. The van der Waals surface area contributed by atoms with Gasteiger partial charge in [0.15, 0.2) is 18.2 Å². The van der Waals surface area contributed by atoms with E-state index in [0.717, 1.165) is 6.07 Å². The smallest absolute Gasteiger partial charge is 0.341 e. The highest BCUT2D eigenvalue weighted by atomic mass is 19.2. The fraction of sp³-hybridized carbons (Fsp3) is 0.0952. The van der Waals surface area contributed by atoms with E-state index in [9.17, 15) is 22.8 Å². The van der Waals surface area contributed by atoms with Crippen molar-refractivity contribution in [1.82, 2.24) is 9.55 Å². The molecule has 4 aromatic rings. The molecule has 4 rings (SSSR count). The number of nitrogens with two attached hydrogens (primary N) is 1. The predicted octanol–water partition coefficient (Wildman–Crippen LogP) is 3.22. The van der Waals surface area contributed by atoms with E-state index in [1.54, 1.807) is 12.1 Å². The molecule has 2 aromatic carbocycles. The van der Waals surface area contributed by atoms with Gasteiger partial charge in [0, 0.05) is 22.6 Å².